The number of nitriles is 1. The molecule has 3 rings (SSSR count). The maximum Gasteiger partial charge on any atom is 0.143 e. The van der Waals surface area contributed by atoms with Gasteiger partial charge in [0, 0.05) is 30.2 Å². The van der Waals surface area contributed by atoms with E-state index < -0.39 is 0 Å². The van der Waals surface area contributed by atoms with E-state index >= 15 is 0 Å². The predicted molar refractivity (Wildman–Crippen MR) is 85.4 cm³/mol. The lowest BCUT2D eigenvalue weighted by Crippen LogP contribution is -2.42. The summed E-state index contributed by atoms with van der Waals surface area (Å²) in [5.41, 5.74) is 2.55. The number of nitrogens with zero attached hydrogens (tertiary/aromatic N) is 4. The zero-order valence-electron chi connectivity index (χ0n) is 12.6. The minimum atomic E-state index is 0.499. The molecule has 0 spiro atoms. The Morgan fingerprint density at radius 2 is 1.95 bits per heavy atom. The van der Waals surface area contributed by atoms with Gasteiger partial charge in [0.15, 0.2) is 0 Å². The lowest BCUT2D eigenvalue weighted by Gasteiger charge is -2.37. The van der Waals surface area contributed by atoms with E-state index in [2.05, 4.69) is 41.0 Å². The van der Waals surface area contributed by atoms with E-state index in [-0.39, 0.29) is 0 Å². The van der Waals surface area contributed by atoms with Crippen LogP contribution in [0, 0.1) is 11.3 Å². The fourth-order valence-electron chi connectivity index (χ4n) is 3.10. The average molecular weight is 280 g/mol. The monoisotopic (exact) mass is 280 g/mol. The van der Waals surface area contributed by atoms with Crippen LogP contribution in [0.15, 0.2) is 30.3 Å². The van der Waals surface area contributed by atoms with E-state index in [0.29, 0.717) is 11.7 Å². The molecule has 0 atom stereocenters. The van der Waals surface area contributed by atoms with Crippen molar-refractivity contribution < 1.29 is 0 Å². The Hall–Kier alpha value is -2.12. The summed E-state index contributed by atoms with van der Waals surface area (Å²) < 4.78 is 0. The van der Waals surface area contributed by atoms with Gasteiger partial charge in [-0.3, -0.25) is 0 Å². The van der Waals surface area contributed by atoms with Gasteiger partial charge in [-0.2, -0.15) is 5.26 Å². The van der Waals surface area contributed by atoms with E-state index in [9.17, 15) is 5.26 Å². The van der Waals surface area contributed by atoms with Gasteiger partial charge in [-0.1, -0.05) is 18.2 Å². The van der Waals surface area contributed by atoms with Crippen LogP contribution < -0.4 is 4.90 Å². The zero-order valence-corrected chi connectivity index (χ0v) is 12.6. The third-order valence-corrected chi connectivity index (χ3v) is 4.34. The standard InChI is InChI=1S/C17H20N4/c1-20(2)14-7-9-21(10-8-14)17-11-13(12-18)19-16-6-4-3-5-15(16)17/h3-6,11,14H,7-10H2,1-2H3. The molecule has 108 valence electrons. The fraction of sp³-hybridized carbons (Fsp3) is 0.412. The van der Waals surface area contributed by atoms with Crippen molar-refractivity contribution in [2.24, 2.45) is 0 Å². The third kappa shape index (κ3) is 2.70. The molecule has 0 radical (unpaired) electrons. The Kier molecular flexibility index (Phi) is 3.76. The number of fused-ring (bicyclic) bond motifs is 1. The lowest BCUT2D eigenvalue weighted by atomic mass is 10.0. The van der Waals surface area contributed by atoms with Gasteiger partial charge in [-0.15, -0.1) is 0 Å². The van der Waals surface area contributed by atoms with Crippen molar-refractivity contribution >= 4 is 16.6 Å². The molecule has 1 aromatic carbocycles. The van der Waals surface area contributed by atoms with Gasteiger partial charge >= 0.3 is 0 Å². The van der Waals surface area contributed by atoms with E-state index in [1.165, 1.54) is 0 Å². The summed E-state index contributed by atoms with van der Waals surface area (Å²) in [4.78, 5) is 9.10. The summed E-state index contributed by atoms with van der Waals surface area (Å²) in [7, 11) is 4.30. The van der Waals surface area contributed by atoms with E-state index in [1.54, 1.807) is 0 Å². The topological polar surface area (TPSA) is 43.2 Å². The molecule has 1 fully saturated rings. The van der Waals surface area contributed by atoms with Crippen LogP contribution in [0.1, 0.15) is 18.5 Å². The molecule has 0 saturated carbocycles. The highest BCUT2D eigenvalue weighted by Gasteiger charge is 2.22. The Morgan fingerprint density at radius 3 is 2.62 bits per heavy atom. The molecule has 21 heavy (non-hydrogen) atoms. The number of para-hydroxylation sites is 1. The van der Waals surface area contributed by atoms with E-state index in [0.717, 1.165) is 42.5 Å². The second-order valence-corrected chi connectivity index (χ2v) is 5.84. The van der Waals surface area contributed by atoms with Gasteiger partial charge in [-0.25, -0.2) is 4.98 Å². The Bertz CT molecular complexity index is 679. The molecule has 0 N–H and O–H groups in total. The number of benzene rings is 1. The van der Waals surface area contributed by atoms with Gasteiger partial charge in [0.2, 0.25) is 0 Å². The summed E-state index contributed by atoms with van der Waals surface area (Å²) in [5.74, 6) is 0. The van der Waals surface area contributed by atoms with Crippen LogP contribution in [0.4, 0.5) is 5.69 Å². The van der Waals surface area contributed by atoms with Crippen LogP contribution in [0.3, 0.4) is 0 Å². The zero-order chi connectivity index (χ0) is 14.8. The van der Waals surface area contributed by atoms with Crippen LogP contribution in [0.5, 0.6) is 0 Å². The maximum absolute atomic E-state index is 9.20. The molecule has 1 saturated heterocycles. The van der Waals surface area contributed by atoms with Crippen LogP contribution in [-0.2, 0) is 0 Å². The molecule has 4 heteroatoms. The van der Waals surface area contributed by atoms with Crippen LogP contribution in [-0.4, -0.2) is 43.1 Å². The normalized spacial score (nSPS) is 16.4. The number of pyridine rings is 1. The number of piperidine rings is 1. The predicted octanol–water partition coefficient (Wildman–Crippen LogP) is 2.64. The lowest BCUT2D eigenvalue weighted by molar-refractivity contribution is 0.250. The summed E-state index contributed by atoms with van der Waals surface area (Å²) in [6, 6.07) is 12.8. The molecule has 2 heterocycles. The van der Waals surface area contributed by atoms with Crippen LogP contribution in [0.2, 0.25) is 0 Å². The number of hydrogen-bond donors (Lipinski definition) is 0. The first-order valence-corrected chi connectivity index (χ1v) is 7.40. The second-order valence-electron chi connectivity index (χ2n) is 5.84. The molecule has 0 unspecified atom stereocenters. The highest BCUT2D eigenvalue weighted by Crippen LogP contribution is 2.29. The minimum Gasteiger partial charge on any atom is -0.371 e. The summed E-state index contributed by atoms with van der Waals surface area (Å²) in [5, 5.41) is 10.3. The van der Waals surface area contributed by atoms with Crippen molar-refractivity contribution in [3.8, 4) is 6.07 Å². The fourth-order valence-corrected chi connectivity index (χ4v) is 3.10. The molecule has 0 amide bonds. The van der Waals surface area contributed by atoms with Gasteiger partial charge in [0.1, 0.15) is 11.8 Å². The maximum atomic E-state index is 9.20. The Balaban J connectivity index is 1.95. The largest absolute Gasteiger partial charge is 0.371 e. The quantitative estimate of drug-likeness (QED) is 0.848. The van der Waals surface area contributed by atoms with E-state index in [1.807, 2.05) is 24.3 Å². The molecule has 2 aromatic rings. The van der Waals surface area contributed by atoms with Crippen molar-refractivity contribution in [3.63, 3.8) is 0 Å². The van der Waals surface area contributed by atoms with Gasteiger partial charge in [0.25, 0.3) is 0 Å². The van der Waals surface area contributed by atoms with Crippen molar-refractivity contribution in [1.29, 1.82) is 5.26 Å². The first-order chi connectivity index (χ1) is 10.2. The smallest absolute Gasteiger partial charge is 0.143 e. The minimum absolute atomic E-state index is 0.499. The average Bonchev–Trinajstić information content (AvgIpc) is 2.53. The highest BCUT2D eigenvalue weighted by atomic mass is 15.2. The summed E-state index contributed by atoms with van der Waals surface area (Å²) >= 11 is 0. The van der Waals surface area contributed by atoms with Gasteiger partial charge in [-0.05, 0) is 39.1 Å². The molecular weight excluding hydrogens is 260 g/mol. The summed E-state index contributed by atoms with van der Waals surface area (Å²) in [6.45, 7) is 2.06. The van der Waals surface area contributed by atoms with Crippen LogP contribution in [0.25, 0.3) is 10.9 Å². The van der Waals surface area contributed by atoms with Gasteiger partial charge in [0.05, 0.1) is 5.52 Å². The van der Waals surface area contributed by atoms with Crippen molar-refractivity contribution in [2.75, 3.05) is 32.1 Å². The van der Waals surface area contributed by atoms with Crippen LogP contribution >= 0.6 is 0 Å². The van der Waals surface area contributed by atoms with Crippen molar-refractivity contribution in [2.45, 2.75) is 18.9 Å². The molecule has 0 bridgehead atoms. The number of anilines is 1. The first-order valence-electron chi connectivity index (χ1n) is 7.40. The Morgan fingerprint density at radius 1 is 1.24 bits per heavy atom. The second kappa shape index (κ2) is 5.71. The summed E-state index contributed by atoms with van der Waals surface area (Å²) in [6.07, 6.45) is 2.32. The Labute approximate surface area is 125 Å². The first kappa shape index (κ1) is 13.8. The molecule has 1 aromatic heterocycles. The van der Waals surface area contributed by atoms with E-state index in [4.69, 9.17) is 0 Å². The molecular formula is C17H20N4. The highest BCUT2D eigenvalue weighted by molar-refractivity contribution is 5.92. The number of aromatic nitrogens is 1. The SMILES string of the molecule is CN(C)C1CCN(c2cc(C#N)nc3ccccc23)CC1. The molecule has 1 aliphatic heterocycles. The van der Waals surface area contributed by atoms with Crippen molar-refractivity contribution in [1.82, 2.24) is 9.88 Å². The van der Waals surface area contributed by atoms with Gasteiger partial charge < -0.3 is 9.80 Å². The van der Waals surface area contributed by atoms with Crippen molar-refractivity contribution in [3.05, 3.63) is 36.0 Å². The third-order valence-electron chi connectivity index (χ3n) is 4.34. The molecule has 0 aliphatic carbocycles. The number of rotatable bonds is 2. The number of hydrogen-bond acceptors (Lipinski definition) is 4. The molecule has 1 aliphatic rings. The molecule has 4 nitrogen and oxygen atoms in total.